The largest absolute Gasteiger partial charge is 0.334 e. The summed E-state index contributed by atoms with van der Waals surface area (Å²) in [7, 11) is 2.20. The van der Waals surface area contributed by atoms with Crippen molar-refractivity contribution in [1.29, 1.82) is 0 Å². The number of aromatic nitrogens is 2. The highest BCUT2D eigenvalue weighted by Gasteiger charge is 2.35. The van der Waals surface area contributed by atoms with Gasteiger partial charge in [0.1, 0.15) is 5.65 Å². The molecule has 6 nitrogen and oxygen atoms in total. The molecule has 0 unspecified atom stereocenters. The molecule has 4 heterocycles. The number of urea groups is 1. The Hall–Kier alpha value is -2.08. The molecule has 2 aliphatic rings. The van der Waals surface area contributed by atoms with Gasteiger partial charge < -0.3 is 14.6 Å². The van der Waals surface area contributed by atoms with E-state index in [1.54, 1.807) is 6.20 Å². The average molecular weight is 313 g/mol. The molecule has 1 N–H and O–H groups in total. The molecule has 2 aromatic heterocycles. The van der Waals surface area contributed by atoms with E-state index in [0.717, 1.165) is 30.7 Å². The summed E-state index contributed by atoms with van der Waals surface area (Å²) in [5.74, 6) is 0. The van der Waals surface area contributed by atoms with Crippen molar-refractivity contribution in [3.8, 4) is 0 Å². The summed E-state index contributed by atoms with van der Waals surface area (Å²) < 4.78 is 1.96. The normalized spacial score (nSPS) is 24.8. The molecular formula is C17H23N5O. The van der Waals surface area contributed by atoms with Gasteiger partial charge in [0.2, 0.25) is 0 Å². The molecule has 23 heavy (non-hydrogen) atoms. The highest BCUT2D eigenvalue weighted by Crippen LogP contribution is 2.28. The fourth-order valence-electron chi connectivity index (χ4n) is 3.85. The van der Waals surface area contributed by atoms with Crippen molar-refractivity contribution >= 4 is 11.7 Å². The van der Waals surface area contributed by atoms with Gasteiger partial charge in [-0.15, -0.1) is 0 Å². The number of nitrogens with zero attached hydrogens (tertiary/aromatic N) is 4. The number of hydrogen-bond acceptors (Lipinski definition) is 3. The SMILES string of the molecule is CN1[C@H]2CC[C@H]1CN(C(=O)NCc1ccn3ccnc3c1)CC2. The number of rotatable bonds is 2. The lowest BCUT2D eigenvalue weighted by atomic mass is 10.1. The summed E-state index contributed by atoms with van der Waals surface area (Å²) in [6.45, 7) is 2.25. The zero-order valence-corrected chi connectivity index (χ0v) is 13.5. The number of fused-ring (bicyclic) bond motifs is 3. The molecule has 0 aliphatic carbocycles. The predicted octanol–water partition coefficient (Wildman–Crippen LogP) is 1.71. The van der Waals surface area contributed by atoms with Crippen molar-refractivity contribution < 1.29 is 4.79 Å². The van der Waals surface area contributed by atoms with Gasteiger partial charge in [-0.3, -0.25) is 4.90 Å². The third kappa shape index (κ3) is 2.79. The van der Waals surface area contributed by atoms with Crippen LogP contribution in [0.4, 0.5) is 4.79 Å². The number of carbonyl (C=O) groups is 1. The first kappa shape index (κ1) is 14.5. The minimum Gasteiger partial charge on any atom is -0.334 e. The number of carbonyl (C=O) groups excluding carboxylic acids is 1. The molecule has 2 aromatic rings. The molecule has 2 atom stereocenters. The topological polar surface area (TPSA) is 52.9 Å². The highest BCUT2D eigenvalue weighted by atomic mass is 16.2. The van der Waals surface area contributed by atoms with Crippen molar-refractivity contribution in [3.63, 3.8) is 0 Å². The Morgan fingerprint density at radius 2 is 2.17 bits per heavy atom. The third-order valence-electron chi connectivity index (χ3n) is 5.34. The second-order valence-corrected chi connectivity index (χ2v) is 6.67. The van der Waals surface area contributed by atoms with E-state index in [0.29, 0.717) is 18.6 Å². The summed E-state index contributed by atoms with van der Waals surface area (Å²) in [4.78, 5) is 21.2. The smallest absolute Gasteiger partial charge is 0.317 e. The van der Waals surface area contributed by atoms with Crippen molar-refractivity contribution in [2.24, 2.45) is 0 Å². The van der Waals surface area contributed by atoms with Crippen LogP contribution in [0.1, 0.15) is 24.8 Å². The van der Waals surface area contributed by atoms with E-state index < -0.39 is 0 Å². The minimum atomic E-state index is 0.0502. The van der Waals surface area contributed by atoms with Crippen LogP contribution in [0.2, 0.25) is 0 Å². The Balaban J connectivity index is 1.38. The van der Waals surface area contributed by atoms with Crippen LogP contribution in [0.3, 0.4) is 0 Å². The fraction of sp³-hybridized carbons (Fsp3) is 0.529. The maximum Gasteiger partial charge on any atom is 0.317 e. The van der Waals surface area contributed by atoms with Gasteiger partial charge >= 0.3 is 6.03 Å². The minimum absolute atomic E-state index is 0.0502. The zero-order chi connectivity index (χ0) is 15.8. The van der Waals surface area contributed by atoms with Crippen LogP contribution in [0.25, 0.3) is 5.65 Å². The monoisotopic (exact) mass is 313 g/mol. The molecule has 2 saturated heterocycles. The number of imidazole rings is 1. The van der Waals surface area contributed by atoms with Gasteiger partial charge in [0, 0.05) is 50.3 Å². The number of pyridine rings is 1. The van der Waals surface area contributed by atoms with Crippen LogP contribution < -0.4 is 5.32 Å². The second kappa shape index (κ2) is 5.85. The van der Waals surface area contributed by atoms with Gasteiger partial charge in [-0.05, 0) is 44.0 Å². The number of likely N-dealkylation sites (N-methyl/N-ethyl adjacent to an activating group) is 1. The molecule has 2 fully saturated rings. The fourth-order valence-corrected chi connectivity index (χ4v) is 3.85. The van der Waals surface area contributed by atoms with E-state index >= 15 is 0 Å². The van der Waals surface area contributed by atoms with E-state index in [1.807, 2.05) is 33.8 Å². The Morgan fingerprint density at radius 3 is 3.09 bits per heavy atom. The van der Waals surface area contributed by atoms with Crippen molar-refractivity contribution in [1.82, 2.24) is 24.5 Å². The lowest BCUT2D eigenvalue weighted by Crippen LogP contribution is -2.44. The first-order valence-electron chi connectivity index (χ1n) is 8.37. The van der Waals surface area contributed by atoms with Crippen LogP contribution in [0, 0.1) is 0 Å². The summed E-state index contributed by atoms with van der Waals surface area (Å²) in [5, 5.41) is 3.06. The van der Waals surface area contributed by atoms with Crippen LogP contribution in [-0.2, 0) is 6.54 Å². The predicted molar refractivity (Wildman–Crippen MR) is 88.2 cm³/mol. The average Bonchev–Trinajstić information content (AvgIpc) is 3.09. The summed E-state index contributed by atoms with van der Waals surface area (Å²) in [5.41, 5.74) is 1.98. The molecule has 2 amide bonds. The Kier molecular flexibility index (Phi) is 3.69. The molecule has 0 spiro atoms. The first-order chi connectivity index (χ1) is 11.2. The first-order valence-corrected chi connectivity index (χ1v) is 8.37. The van der Waals surface area contributed by atoms with Crippen LogP contribution >= 0.6 is 0 Å². The summed E-state index contributed by atoms with van der Waals surface area (Å²) >= 11 is 0. The summed E-state index contributed by atoms with van der Waals surface area (Å²) in [6.07, 6.45) is 9.24. The number of nitrogens with one attached hydrogen (secondary N) is 1. The maximum absolute atomic E-state index is 12.5. The number of amides is 2. The Labute approximate surface area is 136 Å². The van der Waals surface area contributed by atoms with E-state index in [4.69, 9.17) is 0 Å². The molecule has 0 aromatic carbocycles. The van der Waals surface area contributed by atoms with E-state index in [9.17, 15) is 4.79 Å². The van der Waals surface area contributed by atoms with Crippen molar-refractivity contribution in [2.75, 3.05) is 20.1 Å². The van der Waals surface area contributed by atoms with Gasteiger partial charge in [0.25, 0.3) is 0 Å². The van der Waals surface area contributed by atoms with Gasteiger partial charge in [-0.1, -0.05) is 0 Å². The van der Waals surface area contributed by atoms with E-state index in [2.05, 4.69) is 22.2 Å². The second-order valence-electron chi connectivity index (χ2n) is 6.67. The molecule has 0 radical (unpaired) electrons. The van der Waals surface area contributed by atoms with Gasteiger partial charge in [-0.2, -0.15) is 0 Å². The van der Waals surface area contributed by atoms with Crippen LogP contribution in [0.5, 0.6) is 0 Å². The standard InChI is InChI=1S/C17H23N5O/c1-20-14-2-3-15(20)12-22(8-5-14)17(23)19-11-13-4-7-21-9-6-18-16(21)10-13/h4,6-7,9-10,14-15H,2-3,5,8,11-12H2,1H3,(H,19,23)/t14-,15-/m0/s1. The van der Waals surface area contributed by atoms with Crippen molar-refractivity contribution in [2.45, 2.75) is 37.9 Å². The van der Waals surface area contributed by atoms with E-state index in [-0.39, 0.29) is 6.03 Å². The van der Waals surface area contributed by atoms with Crippen LogP contribution in [-0.4, -0.2) is 57.4 Å². The Bertz CT molecular complexity index is 712. The number of hydrogen-bond donors (Lipinski definition) is 1. The summed E-state index contributed by atoms with van der Waals surface area (Å²) in [6, 6.07) is 5.26. The number of likely N-dealkylation sites (tertiary alicyclic amines) is 1. The third-order valence-corrected chi connectivity index (χ3v) is 5.34. The molecule has 0 saturated carbocycles. The zero-order valence-electron chi connectivity index (χ0n) is 13.5. The lowest BCUT2D eigenvalue weighted by Gasteiger charge is -2.26. The van der Waals surface area contributed by atoms with Gasteiger partial charge in [0.15, 0.2) is 0 Å². The lowest BCUT2D eigenvalue weighted by molar-refractivity contribution is 0.188. The van der Waals surface area contributed by atoms with Gasteiger partial charge in [0.05, 0.1) is 0 Å². The maximum atomic E-state index is 12.5. The molecular weight excluding hydrogens is 290 g/mol. The molecule has 6 heteroatoms. The van der Waals surface area contributed by atoms with Crippen molar-refractivity contribution in [3.05, 3.63) is 36.3 Å². The van der Waals surface area contributed by atoms with Gasteiger partial charge in [-0.25, -0.2) is 9.78 Å². The molecule has 4 rings (SSSR count). The quantitative estimate of drug-likeness (QED) is 0.918. The molecule has 2 aliphatic heterocycles. The van der Waals surface area contributed by atoms with Crippen LogP contribution in [0.15, 0.2) is 30.7 Å². The van der Waals surface area contributed by atoms with E-state index in [1.165, 1.54) is 12.8 Å². The Morgan fingerprint density at radius 1 is 1.30 bits per heavy atom. The molecule has 122 valence electrons. The molecule has 2 bridgehead atoms. The highest BCUT2D eigenvalue weighted by molar-refractivity contribution is 5.74.